The largest absolute Gasteiger partial charge is 0.338 e. The number of para-hydroxylation sites is 1. The number of aromatic nitrogens is 2. The van der Waals surface area contributed by atoms with Crippen LogP contribution >= 0.6 is 0 Å². The fraction of sp³-hybridized carbons (Fsp3) is 0.375. The van der Waals surface area contributed by atoms with E-state index in [2.05, 4.69) is 73.4 Å². The highest BCUT2D eigenvalue weighted by Gasteiger charge is 2.26. The first-order chi connectivity index (χ1) is 30.8. The normalized spacial score (nSPS) is 13.4. The summed E-state index contributed by atoms with van der Waals surface area (Å²) < 4.78 is 0. The van der Waals surface area contributed by atoms with Gasteiger partial charge in [-0.1, -0.05) is 191 Å². The summed E-state index contributed by atoms with van der Waals surface area (Å²) in [6.07, 6.45) is 0.995. The Hall–Kier alpha value is -6.15. The summed E-state index contributed by atoms with van der Waals surface area (Å²) in [4.78, 5) is 50.6. The van der Waals surface area contributed by atoms with Crippen LogP contribution in [0.1, 0.15) is 114 Å². The quantitative estimate of drug-likeness (QED) is 0.172. The summed E-state index contributed by atoms with van der Waals surface area (Å²) in [5, 5.41) is 1.15. The molecule has 0 aliphatic carbocycles. The van der Waals surface area contributed by atoms with Gasteiger partial charge in [-0.2, -0.15) is 0 Å². The number of hydrogen-bond donors (Lipinski definition) is 0. The van der Waals surface area contributed by atoms with Gasteiger partial charge in [0, 0.05) is 68.0 Å². The zero-order valence-electron chi connectivity index (χ0n) is 39.8. The Balaban J connectivity index is 0.000000160. The van der Waals surface area contributed by atoms with E-state index in [1.54, 1.807) is 0 Å². The first kappa shape index (κ1) is 48.9. The van der Waals surface area contributed by atoms with Gasteiger partial charge in [-0.15, -0.1) is 0 Å². The molecule has 64 heavy (non-hydrogen) atoms. The molecular formula is C56H69N5O3. The van der Waals surface area contributed by atoms with Crippen molar-refractivity contribution < 1.29 is 14.4 Å². The van der Waals surface area contributed by atoms with Crippen molar-refractivity contribution in [2.24, 2.45) is 17.8 Å². The molecule has 0 radical (unpaired) electrons. The SMILES string of the molecule is CC.CC(C)C(=O)N1CCc2ccccc2C1.CC(C)C(=O)N1Cc2ccccc2C1.CC(C)C(=O)N1Cc2ccccc2C1.CC(C)c1nc(-c2ccccc2)nc2ccccc12. The first-order valence-electron chi connectivity index (χ1n) is 23.2. The van der Waals surface area contributed by atoms with Gasteiger partial charge in [0.1, 0.15) is 0 Å². The van der Waals surface area contributed by atoms with Crippen LogP contribution in [0.5, 0.6) is 0 Å². The third-order valence-corrected chi connectivity index (χ3v) is 11.4. The highest BCUT2D eigenvalue weighted by atomic mass is 16.2. The van der Waals surface area contributed by atoms with Gasteiger partial charge in [0.25, 0.3) is 0 Å². The Morgan fingerprint density at radius 3 is 1.23 bits per heavy atom. The summed E-state index contributed by atoms with van der Waals surface area (Å²) >= 11 is 0. The smallest absolute Gasteiger partial charge is 0.225 e. The minimum Gasteiger partial charge on any atom is -0.338 e. The minimum absolute atomic E-state index is 0.101. The van der Waals surface area contributed by atoms with Crippen LogP contribution in [0.25, 0.3) is 22.3 Å². The number of hydrogen-bond acceptors (Lipinski definition) is 5. The third-order valence-electron chi connectivity index (χ3n) is 11.4. The van der Waals surface area contributed by atoms with Gasteiger partial charge in [-0.25, -0.2) is 9.97 Å². The Kier molecular flexibility index (Phi) is 18.0. The third kappa shape index (κ3) is 12.7. The van der Waals surface area contributed by atoms with Crippen molar-refractivity contribution in [1.82, 2.24) is 24.7 Å². The van der Waals surface area contributed by atoms with Gasteiger partial charge in [0.05, 0.1) is 11.2 Å². The van der Waals surface area contributed by atoms with Gasteiger partial charge < -0.3 is 14.7 Å². The van der Waals surface area contributed by atoms with Crippen molar-refractivity contribution in [2.45, 2.75) is 114 Å². The molecule has 3 aliphatic heterocycles. The summed E-state index contributed by atoms with van der Waals surface area (Å²) in [6, 6.07) is 43.3. The lowest BCUT2D eigenvalue weighted by atomic mass is 9.99. The van der Waals surface area contributed by atoms with Gasteiger partial charge in [0.15, 0.2) is 5.82 Å². The zero-order chi connectivity index (χ0) is 46.3. The van der Waals surface area contributed by atoms with E-state index in [0.29, 0.717) is 5.92 Å². The molecule has 0 saturated carbocycles. The minimum atomic E-state index is 0.101. The van der Waals surface area contributed by atoms with Crippen LogP contribution in [0.3, 0.4) is 0 Å². The Bertz CT molecular complexity index is 2340. The molecule has 3 aliphatic rings. The van der Waals surface area contributed by atoms with E-state index in [1.807, 2.05) is 143 Å². The number of fused-ring (bicyclic) bond motifs is 4. The van der Waals surface area contributed by atoms with E-state index in [1.165, 1.54) is 33.4 Å². The number of nitrogens with zero attached hydrogens (tertiary/aromatic N) is 5. The molecule has 0 bridgehead atoms. The molecule has 0 unspecified atom stereocenters. The molecule has 9 rings (SSSR count). The molecule has 336 valence electrons. The van der Waals surface area contributed by atoms with Crippen molar-refractivity contribution in [3.8, 4) is 11.4 Å². The van der Waals surface area contributed by atoms with E-state index in [4.69, 9.17) is 4.98 Å². The van der Waals surface area contributed by atoms with Crippen LogP contribution in [-0.2, 0) is 53.5 Å². The maximum atomic E-state index is 11.8. The molecule has 1 aromatic heterocycles. The van der Waals surface area contributed by atoms with Gasteiger partial charge >= 0.3 is 0 Å². The Labute approximate surface area is 382 Å². The monoisotopic (exact) mass is 860 g/mol. The molecular weight excluding hydrogens is 791 g/mol. The summed E-state index contributed by atoms with van der Waals surface area (Å²) in [7, 11) is 0. The molecule has 0 fully saturated rings. The second-order valence-electron chi connectivity index (χ2n) is 17.6. The van der Waals surface area contributed by atoms with Crippen LogP contribution in [0.4, 0.5) is 0 Å². The van der Waals surface area contributed by atoms with E-state index >= 15 is 0 Å². The van der Waals surface area contributed by atoms with E-state index < -0.39 is 0 Å². The molecule has 6 aromatic rings. The molecule has 0 atom stereocenters. The van der Waals surface area contributed by atoms with Crippen molar-refractivity contribution >= 4 is 28.6 Å². The predicted octanol–water partition coefficient (Wildman–Crippen LogP) is 12.0. The second kappa shape index (κ2) is 23.5. The number of carbonyl (C=O) groups excluding carboxylic acids is 3. The molecule has 0 spiro atoms. The topological polar surface area (TPSA) is 86.7 Å². The van der Waals surface area contributed by atoms with Gasteiger partial charge in [-0.3, -0.25) is 14.4 Å². The Morgan fingerprint density at radius 2 is 0.797 bits per heavy atom. The zero-order valence-corrected chi connectivity index (χ0v) is 39.8. The van der Waals surface area contributed by atoms with Crippen molar-refractivity contribution in [3.05, 3.63) is 166 Å². The highest BCUT2D eigenvalue weighted by Crippen LogP contribution is 2.27. The standard InChI is InChI=1S/C17H16N2.C13H17NO.2C12H15NO.C2H6/c1-12(2)16-14-10-6-7-11-15(14)18-17(19-16)13-8-4-3-5-9-13;1-10(2)13(15)14-8-7-11-5-3-4-6-12(11)9-14;2*1-9(2)12(14)13-7-10-5-3-4-6-11(10)8-13;1-2/h3-12H,1-2H3;3-6,10H,7-9H2,1-2H3;2*3-6,9H,7-8H2,1-2H3;1-2H3. The number of carbonyl (C=O) groups is 3. The van der Waals surface area contributed by atoms with Gasteiger partial charge in [-0.05, 0) is 51.8 Å². The van der Waals surface area contributed by atoms with Gasteiger partial charge in [0.2, 0.25) is 17.7 Å². The molecule has 0 N–H and O–H groups in total. The lowest BCUT2D eigenvalue weighted by molar-refractivity contribution is -0.136. The van der Waals surface area contributed by atoms with Crippen LogP contribution in [0.15, 0.2) is 127 Å². The summed E-state index contributed by atoms with van der Waals surface area (Å²) in [5.74, 6) is 2.27. The lowest BCUT2D eigenvalue weighted by Crippen LogP contribution is -2.38. The molecule has 3 amide bonds. The summed E-state index contributed by atoms with van der Waals surface area (Å²) in [5.41, 5.74) is 11.1. The van der Waals surface area contributed by atoms with E-state index in [9.17, 15) is 14.4 Å². The highest BCUT2D eigenvalue weighted by molar-refractivity contribution is 5.83. The average Bonchev–Trinajstić information content (AvgIpc) is 3.97. The molecule has 5 aromatic carbocycles. The van der Waals surface area contributed by atoms with Crippen LogP contribution in [0, 0.1) is 17.8 Å². The fourth-order valence-corrected chi connectivity index (χ4v) is 8.01. The second-order valence-corrected chi connectivity index (χ2v) is 17.6. The summed E-state index contributed by atoms with van der Waals surface area (Å²) in [6.45, 7) is 24.9. The van der Waals surface area contributed by atoms with Crippen LogP contribution < -0.4 is 0 Å². The van der Waals surface area contributed by atoms with Crippen molar-refractivity contribution in [2.75, 3.05) is 6.54 Å². The molecule has 8 heteroatoms. The Morgan fingerprint density at radius 1 is 0.438 bits per heavy atom. The lowest BCUT2D eigenvalue weighted by Gasteiger charge is -2.30. The first-order valence-corrected chi connectivity index (χ1v) is 23.2. The number of rotatable bonds is 5. The maximum Gasteiger partial charge on any atom is 0.225 e. The fourth-order valence-electron chi connectivity index (χ4n) is 8.01. The van der Waals surface area contributed by atoms with Crippen molar-refractivity contribution in [1.29, 1.82) is 0 Å². The van der Waals surface area contributed by atoms with Crippen LogP contribution in [-0.4, -0.2) is 48.9 Å². The number of amides is 3. The molecule has 4 heterocycles. The van der Waals surface area contributed by atoms with Crippen molar-refractivity contribution in [3.63, 3.8) is 0 Å². The maximum absolute atomic E-state index is 11.8. The molecule has 8 nitrogen and oxygen atoms in total. The molecule has 0 saturated heterocycles. The van der Waals surface area contributed by atoms with E-state index in [0.717, 1.165) is 73.7 Å². The van der Waals surface area contributed by atoms with Crippen LogP contribution in [0.2, 0.25) is 0 Å². The number of benzene rings is 5. The predicted molar refractivity (Wildman–Crippen MR) is 262 cm³/mol. The van der Waals surface area contributed by atoms with E-state index in [-0.39, 0.29) is 35.5 Å². The average molecular weight is 860 g/mol.